The van der Waals surface area contributed by atoms with Crippen molar-refractivity contribution >= 4 is 22.6 Å². The zero-order valence-electron chi connectivity index (χ0n) is 13.0. The quantitative estimate of drug-likeness (QED) is 0.733. The molecule has 0 saturated heterocycles. The van der Waals surface area contributed by atoms with E-state index in [-0.39, 0.29) is 0 Å². The SMILES string of the molecule is COc1ccc(/C=C(\C#N)c2c[nH]c3ccccc23)c(OC)c1. The molecule has 1 heterocycles. The van der Waals surface area contributed by atoms with E-state index in [2.05, 4.69) is 11.1 Å². The molecule has 4 nitrogen and oxygen atoms in total. The minimum Gasteiger partial charge on any atom is -0.497 e. The van der Waals surface area contributed by atoms with Gasteiger partial charge in [-0.05, 0) is 24.3 Å². The molecule has 1 aromatic heterocycles. The summed E-state index contributed by atoms with van der Waals surface area (Å²) in [7, 11) is 3.21. The van der Waals surface area contributed by atoms with Crippen LogP contribution in [0.2, 0.25) is 0 Å². The number of methoxy groups -OCH3 is 2. The topological polar surface area (TPSA) is 58.0 Å². The third-order valence-electron chi connectivity index (χ3n) is 3.74. The molecule has 0 aliphatic rings. The van der Waals surface area contributed by atoms with E-state index in [0.29, 0.717) is 17.1 Å². The number of nitrogens with zero attached hydrogens (tertiary/aromatic N) is 1. The summed E-state index contributed by atoms with van der Waals surface area (Å²) < 4.78 is 10.6. The molecular formula is C19H16N2O2. The van der Waals surface area contributed by atoms with E-state index in [1.807, 2.05) is 48.7 Å². The van der Waals surface area contributed by atoms with Gasteiger partial charge >= 0.3 is 0 Å². The highest BCUT2D eigenvalue weighted by molar-refractivity contribution is 6.01. The molecule has 3 aromatic rings. The molecule has 0 spiro atoms. The van der Waals surface area contributed by atoms with Crippen LogP contribution in [0.1, 0.15) is 11.1 Å². The molecule has 23 heavy (non-hydrogen) atoms. The number of para-hydroxylation sites is 1. The van der Waals surface area contributed by atoms with E-state index in [1.165, 1.54) is 0 Å². The summed E-state index contributed by atoms with van der Waals surface area (Å²) in [5.74, 6) is 1.38. The number of hydrogen-bond acceptors (Lipinski definition) is 3. The van der Waals surface area contributed by atoms with Gasteiger partial charge in [-0.25, -0.2) is 0 Å². The third-order valence-corrected chi connectivity index (χ3v) is 3.74. The molecule has 4 heteroatoms. The second kappa shape index (κ2) is 6.29. The van der Waals surface area contributed by atoms with Crippen LogP contribution in [0.5, 0.6) is 11.5 Å². The van der Waals surface area contributed by atoms with Crippen molar-refractivity contribution in [3.8, 4) is 17.6 Å². The van der Waals surface area contributed by atoms with Gasteiger partial charge in [0.2, 0.25) is 0 Å². The fraction of sp³-hybridized carbons (Fsp3) is 0.105. The smallest absolute Gasteiger partial charge is 0.129 e. The average molecular weight is 304 g/mol. The number of rotatable bonds is 4. The minimum absolute atomic E-state index is 0.575. The van der Waals surface area contributed by atoms with E-state index < -0.39 is 0 Å². The van der Waals surface area contributed by atoms with Gasteiger partial charge in [0.1, 0.15) is 11.5 Å². The maximum absolute atomic E-state index is 9.59. The highest BCUT2D eigenvalue weighted by Gasteiger charge is 2.10. The van der Waals surface area contributed by atoms with Crippen molar-refractivity contribution in [2.45, 2.75) is 0 Å². The first kappa shape index (κ1) is 14.7. The van der Waals surface area contributed by atoms with Crippen molar-refractivity contribution in [2.24, 2.45) is 0 Å². The van der Waals surface area contributed by atoms with Gasteiger partial charge in [-0.15, -0.1) is 0 Å². The van der Waals surface area contributed by atoms with E-state index in [4.69, 9.17) is 9.47 Å². The van der Waals surface area contributed by atoms with E-state index in [9.17, 15) is 5.26 Å². The summed E-state index contributed by atoms with van der Waals surface area (Å²) in [5, 5.41) is 10.6. The number of benzene rings is 2. The van der Waals surface area contributed by atoms with Crippen molar-refractivity contribution in [1.29, 1.82) is 5.26 Å². The standard InChI is InChI=1S/C19H16N2O2/c1-22-15-8-7-13(19(10-15)23-2)9-14(11-20)17-12-21-18-6-4-3-5-16(17)18/h3-10,12,21H,1-2H3/b14-9+. The van der Waals surface area contributed by atoms with Crippen LogP contribution in [0.15, 0.2) is 48.7 Å². The summed E-state index contributed by atoms with van der Waals surface area (Å²) >= 11 is 0. The molecule has 114 valence electrons. The van der Waals surface area contributed by atoms with Crippen LogP contribution in [-0.2, 0) is 0 Å². The molecule has 0 aliphatic carbocycles. The molecule has 0 bridgehead atoms. The van der Waals surface area contributed by atoms with Crippen molar-refractivity contribution < 1.29 is 9.47 Å². The molecular weight excluding hydrogens is 288 g/mol. The zero-order valence-corrected chi connectivity index (χ0v) is 13.0. The fourth-order valence-corrected chi connectivity index (χ4v) is 2.56. The second-order valence-corrected chi connectivity index (χ2v) is 5.03. The number of aromatic amines is 1. The Kier molecular flexibility index (Phi) is 4.03. The Morgan fingerprint density at radius 1 is 1.13 bits per heavy atom. The van der Waals surface area contributed by atoms with E-state index >= 15 is 0 Å². The number of ether oxygens (including phenoxy) is 2. The molecule has 0 saturated carbocycles. The molecule has 1 N–H and O–H groups in total. The highest BCUT2D eigenvalue weighted by Crippen LogP contribution is 2.30. The van der Waals surface area contributed by atoms with Gasteiger partial charge < -0.3 is 14.5 Å². The van der Waals surface area contributed by atoms with Crippen LogP contribution in [-0.4, -0.2) is 19.2 Å². The maximum atomic E-state index is 9.59. The number of allylic oxidation sites excluding steroid dienone is 1. The number of hydrogen-bond donors (Lipinski definition) is 1. The average Bonchev–Trinajstić information content (AvgIpc) is 3.03. The summed E-state index contributed by atoms with van der Waals surface area (Å²) in [6.45, 7) is 0. The molecule has 2 aromatic carbocycles. The molecule has 0 aliphatic heterocycles. The Bertz CT molecular complexity index is 917. The lowest BCUT2D eigenvalue weighted by molar-refractivity contribution is 0.394. The lowest BCUT2D eigenvalue weighted by atomic mass is 10.0. The monoisotopic (exact) mass is 304 g/mol. The van der Waals surface area contributed by atoms with Crippen molar-refractivity contribution in [3.63, 3.8) is 0 Å². The maximum Gasteiger partial charge on any atom is 0.129 e. The predicted octanol–water partition coefficient (Wildman–Crippen LogP) is 4.25. The summed E-state index contributed by atoms with van der Waals surface area (Å²) in [5.41, 5.74) is 3.28. The Morgan fingerprint density at radius 3 is 2.70 bits per heavy atom. The van der Waals surface area contributed by atoms with Gasteiger partial charge in [-0.2, -0.15) is 5.26 Å². The van der Waals surface area contributed by atoms with Crippen molar-refractivity contribution in [2.75, 3.05) is 14.2 Å². The predicted molar refractivity (Wildman–Crippen MR) is 91.3 cm³/mol. The summed E-state index contributed by atoms with van der Waals surface area (Å²) in [6.07, 6.45) is 3.68. The summed E-state index contributed by atoms with van der Waals surface area (Å²) in [4.78, 5) is 3.19. The number of nitrogens with one attached hydrogen (secondary N) is 1. The molecule has 0 fully saturated rings. The van der Waals surface area contributed by atoms with Crippen LogP contribution >= 0.6 is 0 Å². The molecule has 0 unspecified atom stereocenters. The summed E-state index contributed by atoms with van der Waals surface area (Å²) in [6, 6.07) is 15.7. The zero-order chi connectivity index (χ0) is 16.2. The Hall–Kier alpha value is -3.19. The Morgan fingerprint density at radius 2 is 1.96 bits per heavy atom. The first-order valence-corrected chi connectivity index (χ1v) is 7.17. The van der Waals surface area contributed by atoms with Crippen LogP contribution < -0.4 is 9.47 Å². The number of H-pyrrole nitrogens is 1. The highest BCUT2D eigenvalue weighted by atomic mass is 16.5. The Balaban J connectivity index is 2.11. The van der Waals surface area contributed by atoms with Crippen molar-refractivity contribution in [3.05, 3.63) is 59.8 Å². The van der Waals surface area contributed by atoms with Gasteiger partial charge in [0.15, 0.2) is 0 Å². The van der Waals surface area contributed by atoms with Gasteiger partial charge in [-0.3, -0.25) is 0 Å². The lowest BCUT2D eigenvalue weighted by Gasteiger charge is -2.08. The fourth-order valence-electron chi connectivity index (χ4n) is 2.56. The molecule has 3 rings (SSSR count). The molecule has 0 amide bonds. The van der Waals surface area contributed by atoms with Gasteiger partial charge in [0, 0.05) is 34.3 Å². The third kappa shape index (κ3) is 2.77. The first-order chi connectivity index (χ1) is 11.3. The number of nitriles is 1. The Labute approximate surface area is 134 Å². The van der Waals surface area contributed by atoms with Crippen LogP contribution in [0.4, 0.5) is 0 Å². The van der Waals surface area contributed by atoms with Crippen LogP contribution in [0.25, 0.3) is 22.6 Å². The lowest BCUT2D eigenvalue weighted by Crippen LogP contribution is -1.90. The van der Waals surface area contributed by atoms with Crippen LogP contribution in [0, 0.1) is 11.3 Å². The van der Waals surface area contributed by atoms with Gasteiger partial charge in [-0.1, -0.05) is 18.2 Å². The van der Waals surface area contributed by atoms with Gasteiger partial charge in [0.25, 0.3) is 0 Å². The molecule has 0 radical (unpaired) electrons. The van der Waals surface area contributed by atoms with Crippen LogP contribution in [0.3, 0.4) is 0 Å². The van der Waals surface area contributed by atoms with E-state index in [0.717, 1.165) is 22.0 Å². The van der Waals surface area contributed by atoms with E-state index in [1.54, 1.807) is 20.3 Å². The minimum atomic E-state index is 0.575. The molecule has 0 atom stereocenters. The second-order valence-electron chi connectivity index (χ2n) is 5.03. The largest absolute Gasteiger partial charge is 0.497 e. The normalized spacial score (nSPS) is 11.3. The first-order valence-electron chi connectivity index (χ1n) is 7.17. The number of aromatic nitrogens is 1. The van der Waals surface area contributed by atoms with Crippen molar-refractivity contribution in [1.82, 2.24) is 4.98 Å². The van der Waals surface area contributed by atoms with Gasteiger partial charge in [0.05, 0.1) is 25.9 Å². The number of fused-ring (bicyclic) bond motifs is 1.